The van der Waals surface area contributed by atoms with Gasteiger partial charge in [-0.05, 0) is 72.7 Å². The number of rotatable bonds is 3. The molecule has 0 aromatic rings. The van der Waals surface area contributed by atoms with Crippen LogP contribution < -0.4 is 0 Å². The number of fused-ring (bicyclic) bond motifs is 5. The van der Waals surface area contributed by atoms with Crippen LogP contribution in [0.25, 0.3) is 0 Å². The van der Waals surface area contributed by atoms with Crippen molar-refractivity contribution in [2.75, 3.05) is 0 Å². The number of hydrogen-bond acceptors (Lipinski definition) is 3. The predicted octanol–water partition coefficient (Wildman–Crippen LogP) is 5.40. The number of esters is 1. The number of allylic oxidation sites excluding steroid dienone is 3. The number of ketones is 1. The van der Waals surface area contributed by atoms with Crippen LogP contribution in [-0.4, -0.2) is 17.9 Å². The highest BCUT2D eigenvalue weighted by atomic mass is 16.5. The molecule has 0 amide bonds. The van der Waals surface area contributed by atoms with E-state index < -0.39 is 0 Å². The molecule has 6 atom stereocenters. The lowest BCUT2D eigenvalue weighted by Gasteiger charge is -2.57. The van der Waals surface area contributed by atoms with Crippen molar-refractivity contribution in [2.24, 2.45) is 28.6 Å². The first kappa shape index (κ1) is 19.0. The smallest absolute Gasteiger partial charge is 0.302 e. The molecular weight excluding hydrogens is 336 g/mol. The van der Waals surface area contributed by atoms with Gasteiger partial charge in [0.2, 0.25) is 0 Å². The zero-order chi connectivity index (χ0) is 19.4. The number of carbonyl (C=O) groups is 2. The van der Waals surface area contributed by atoms with Crippen molar-refractivity contribution >= 4 is 11.8 Å². The van der Waals surface area contributed by atoms with E-state index in [-0.39, 0.29) is 22.9 Å². The van der Waals surface area contributed by atoms with Crippen LogP contribution in [0.2, 0.25) is 0 Å². The van der Waals surface area contributed by atoms with Crippen molar-refractivity contribution in [3.05, 3.63) is 23.3 Å². The van der Waals surface area contributed by atoms with E-state index in [0.717, 1.165) is 44.1 Å². The molecule has 0 heterocycles. The normalized spacial score (nSPS) is 43.0. The lowest BCUT2D eigenvalue weighted by molar-refractivity contribution is -0.148. The predicted molar refractivity (Wildman–Crippen MR) is 106 cm³/mol. The molecular formula is C24H34O3. The van der Waals surface area contributed by atoms with E-state index in [2.05, 4.69) is 26.0 Å². The van der Waals surface area contributed by atoms with Crippen LogP contribution in [0.1, 0.15) is 79.1 Å². The summed E-state index contributed by atoms with van der Waals surface area (Å²) in [5.41, 5.74) is 3.00. The van der Waals surface area contributed by atoms with Gasteiger partial charge in [-0.3, -0.25) is 9.59 Å². The van der Waals surface area contributed by atoms with E-state index in [9.17, 15) is 9.59 Å². The fourth-order valence-corrected chi connectivity index (χ4v) is 7.15. The Kier molecular flexibility index (Phi) is 4.63. The fourth-order valence-electron chi connectivity index (χ4n) is 7.15. The maximum absolute atomic E-state index is 12.5. The Morgan fingerprint density at radius 3 is 2.52 bits per heavy atom. The summed E-state index contributed by atoms with van der Waals surface area (Å²) in [4.78, 5) is 23.9. The second-order valence-corrected chi connectivity index (χ2v) is 9.82. The first-order valence-corrected chi connectivity index (χ1v) is 10.9. The first-order valence-electron chi connectivity index (χ1n) is 10.9. The minimum atomic E-state index is -0.156. The second kappa shape index (κ2) is 6.60. The molecule has 0 aromatic heterocycles. The lowest BCUT2D eigenvalue weighted by Crippen LogP contribution is -2.50. The van der Waals surface area contributed by atoms with Gasteiger partial charge in [-0.1, -0.05) is 38.5 Å². The second-order valence-electron chi connectivity index (χ2n) is 9.82. The van der Waals surface area contributed by atoms with E-state index >= 15 is 0 Å². The maximum atomic E-state index is 12.5. The molecule has 3 nitrogen and oxygen atoms in total. The third-order valence-corrected chi connectivity index (χ3v) is 8.59. The van der Waals surface area contributed by atoms with Crippen molar-refractivity contribution in [1.29, 1.82) is 0 Å². The third-order valence-electron chi connectivity index (χ3n) is 8.59. The minimum Gasteiger partial charge on any atom is -0.462 e. The van der Waals surface area contributed by atoms with Gasteiger partial charge in [0.15, 0.2) is 5.78 Å². The summed E-state index contributed by atoms with van der Waals surface area (Å²) in [6.45, 7) is 8.33. The number of hydrogen-bond donors (Lipinski definition) is 0. The summed E-state index contributed by atoms with van der Waals surface area (Å²) in [6, 6.07) is 0. The van der Waals surface area contributed by atoms with Crippen molar-refractivity contribution in [3.8, 4) is 0 Å². The van der Waals surface area contributed by atoms with Crippen LogP contribution in [0.15, 0.2) is 23.3 Å². The van der Waals surface area contributed by atoms with Crippen LogP contribution in [0.5, 0.6) is 0 Å². The number of Topliss-reactive ketones (excluding diaryl/α,β-unsaturated/α-hetero) is 1. The zero-order valence-electron chi connectivity index (χ0n) is 17.3. The van der Waals surface area contributed by atoms with E-state index in [1.165, 1.54) is 18.9 Å². The average molecular weight is 371 g/mol. The van der Waals surface area contributed by atoms with Crippen LogP contribution in [0.3, 0.4) is 0 Å². The van der Waals surface area contributed by atoms with E-state index in [4.69, 9.17) is 4.74 Å². The Hall–Kier alpha value is -1.38. The van der Waals surface area contributed by atoms with Gasteiger partial charge in [-0.15, -0.1) is 0 Å². The van der Waals surface area contributed by atoms with Crippen LogP contribution in [0.4, 0.5) is 0 Å². The Morgan fingerprint density at radius 2 is 1.81 bits per heavy atom. The fraction of sp³-hybridized carbons (Fsp3) is 0.750. The Bertz CT molecular complexity index is 717. The highest BCUT2D eigenvalue weighted by Gasteiger charge is 2.57. The monoisotopic (exact) mass is 370 g/mol. The quantitative estimate of drug-likeness (QED) is 0.494. The molecule has 0 aromatic carbocycles. The summed E-state index contributed by atoms with van der Waals surface area (Å²) in [6.07, 6.45) is 13.0. The van der Waals surface area contributed by atoms with Crippen LogP contribution in [-0.2, 0) is 14.3 Å². The van der Waals surface area contributed by atoms with Gasteiger partial charge in [0.1, 0.15) is 6.10 Å². The molecule has 4 aliphatic carbocycles. The zero-order valence-corrected chi connectivity index (χ0v) is 17.3. The molecule has 2 fully saturated rings. The van der Waals surface area contributed by atoms with E-state index in [0.29, 0.717) is 30.0 Å². The highest BCUT2D eigenvalue weighted by Crippen LogP contribution is 2.65. The maximum Gasteiger partial charge on any atom is 0.302 e. The molecule has 0 aliphatic heterocycles. The van der Waals surface area contributed by atoms with E-state index in [1.807, 2.05) is 6.92 Å². The number of carbonyl (C=O) groups excluding carboxylic acids is 2. The summed E-state index contributed by atoms with van der Waals surface area (Å²) >= 11 is 0. The molecule has 148 valence electrons. The van der Waals surface area contributed by atoms with Crippen molar-refractivity contribution in [2.45, 2.75) is 85.2 Å². The van der Waals surface area contributed by atoms with Gasteiger partial charge in [0, 0.05) is 19.8 Å². The largest absolute Gasteiger partial charge is 0.462 e. The van der Waals surface area contributed by atoms with Gasteiger partial charge in [0.05, 0.1) is 0 Å². The molecule has 2 saturated carbocycles. The highest BCUT2D eigenvalue weighted by molar-refractivity contribution is 5.97. The molecule has 6 unspecified atom stereocenters. The Morgan fingerprint density at radius 1 is 1.07 bits per heavy atom. The van der Waals surface area contributed by atoms with Crippen LogP contribution in [0, 0.1) is 28.6 Å². The van der Waals surface area contributed by atoms with Gasteiger partial charge in [-0.25, -0.2) is 0 Å². The molecule has 3 heteroatoms. The molecule has 4 aliphatic rings. The Labute approximate surface area is 163 Å². The van der Waals surface area contributed by atoms with Gasteiger partial charge >= 0.3 is 5.97 Å². The average Bonchev–Trinajstić information content (AvgIpc) is 2.98. The molecule has 0 N–H and O–H groups in total. The first-order chi connectivity index (χ1) is 12.8. The molecule has 0 saturated heterocycles. The van der Waals surface area contributed by atoms with Gasteiger partial charge in [0.25, 0.3) is 0 Å². The topological polar surface area (TPSA) is 43.4 Å². The van der Waals surface area contributed by atoms with Crippen molar-refractivity contribution < 1.29 is 14.3 Å². The SMILES string of the molecule is CCC(=O)C1=CCC2C3CC=C4CC(OC(C)=O)CCC4(C)C3CCC12C. The molecule has 0 bridgehead atoms. The summed E-state index contributed by atoms with van der Waals surface area (Å²) < 4.78 is 5.53. The standard InChI is InChI=1S/C24H34O3/c1-5-22(26)21-9-8-19-18-7-6-16-14-17(27-15(2)25)10-12-23(16,3)20(18)11-13-24(19,21)4/h6,9,17-20H,5,7-8,10-14H2,1-4H3. The molecule has 27 heavy (non-hydrogen) atoms. The van der Waals surface area contributed by atoms with Crippen LogP contribution >= 0.6 is 0 Å². The molecule has 0 radical (unpaired) electrons. The summed E-state index contributed by atoms with van der Waals surface area (Å²) in [7, 11) is 0. The molecule has 4 rings (SSSR count). The van der Waals surface area contributed by atoms with Crippen molar-refractivity contribution in [3.63, 3.8) is 0 Å². The Balaban J connectivity index is 1.58. The number of ether oxygens (including phenoxy) is 1. The minimum absolute atomic E-state index is 0.0640. The summed E-state index contributed by atoms with van der Waals surface area (Å²) in [5, 5.41) is 0. The van der Waals surface area contributed by atoms with E-state index in [1.54, 1.807) is 0 Å². The van der Waals surface area contributed by atoms with Gasteiger partial charge < -0.3 is 4.74 Å². The third kappa shape index (κ3) is 2.84. The van der Waals surface area contributed by atoms with Gasteiger partial charge in [-0.2, -0.15) is 0 Å². The summed E-state index contributed by atoms with van der Waals surface area (Å²) in [5.74, 6) is 2.21. The van der Waals surface area contributed by atoms with Crippen molar-refractivity contribution in [1.82, 2.24) is 0 Å². The molecule has 0 spiro atoms. The lowest BCUT2D eigenvalue weighted by atomic mass is 9.47.